The highest BCUT2D eigenvalue weighted by Gasteiger charge is 2.29. The SMILES string of the molecule is CCC(=O)NCCNC(=O)/N=C(/N)NCCC[C@@H](NC(=O)C(c1ccccc1)c1ccc(NCCCNC(=O)CCCCCNC(C=O)N2CCN(CC(=O)O)CCN(CC(=O)O)CCN(CC(=O)O)CC2)cc1)C(=O)NCc1ccc(O)cc1. The highest BCUT2D eigenvalue weighted by Crippen LogP contribution is 2.27. The molecular weight excluding hydrogens is 1100 g/mol. The number of aldehydes is 1. The Balaban J connectivity index is 1.24. The Hall–Kier alpha value is -8.24. The predicted molar refractivity (Wildman–Crippen MR) is 318 cm³/mol. The maximum atomic E-state index is 14.4. The Bertz CT molecular complexity index is 2570. The van der Waals surface area contributed by atoms with Gasteiger partial charge in [0.1, 0.15) is 18.0 Å². The smallest absolute Gasteiger partial charge is 0.344 e. The normalized spacial score (nSPS) is 15.1. The molecule has 3 aromatic rings. The number of phenols is 1. The van der Waals surface area contributed by atoms with E-state index in [1.54, 1.807) is 33.8 Å². The molecular formula is C58H86N14O13. The molecule has 1 fully saturated rings. The van der Waals surface area contributed by atoms with Crippen LogP contribution in [0.2, 0.25) is 0 Å². The van der Waals surface area contributed by atoms with E-state index in [1.165, 1.54) is 12.1 Å². The standard InChI is InChI=1S/C58H86N14O13/c1-2-49(75)63-27-28-65-58(85)68-57(59)64-24-9-13-47(55(83)66-37-42-15-21-46(74)22-16-42)67-56(84)54(43-11-5-3-6-12-43)44-17-19-45(20-18-44)60-25-10-26-62-50(76)14-7-4-8-23-61-48(41-73)72-35-33-70(39-52(79)80)31-29-69(38-51(77)78)30-32-71(34-36-72)40-53(81)82/h3,5-6,11-12,15-22,41,47-48,54,60-61,74H,2,4,7-10,13-14,23-40H2,1H3,(H,62,76)(H,63,75)(H,66,83)(H,67,84)(H,77,78)(H,79,80)(H,81,82)(H4,59,64,65,68,85)/t47-,48?,54?/m1/s1. The van der Waals surface area contributed by atoms with Gasteiger partial charge in [0.15, 0.2) is 12.2 Å². The van der Waals surface area contributed by atoms with E-state index in [4.69, 9.17) is 5.73 Å². The zero-order chi connectivity index (χ0) is 61.8. The first-order valence-electron chi connectivity index (χ1n) is 28.8. The minimum absolute atomic E-state index is 0.0807. The quantitative estimate of drug-likeness (QED) is 0.0163. The number of nitrogens with two attached hydrogens (primary N) is 1. The molecule has 1 saturated heterocycles. The van der Waals surface area contributed by atoms with Gasteiger partial charge in [-0.05, 0) is 79.6 Å². The van der Waals surface area contributed by atoms with Gasteiger partial charge in [-0.3, -0.25) is 58.5 Å². The van der Waals surface area contributed by atoms with Gasteiger partial charge < -0.3 is 68.2 Å². The molecule has 0 bridgehead atoms. The summed E-state index contributed by atoms with van der Waals surface area (Å²) < 4.78 is 0. The number of aliphatic carboxylic acids is 3. The number of hydrogen-bond donors (Lipinski definition) is 13. The second kappa shape index (κ2) is 39.3. The molecule has 1 aliphatic heterocycles. The van der Waals surface area contributed by atoms with Gasteiger partial charge in [0.05, 0.1) is 25.6 Å². The highest BCUT2D eigenvalue weighted by atomic mass is 16.4. The maximum absolute atomic E-state index is 14.4. The molecule has 3 atom stereocenters. The second-order valence-corrected chi connectivity index (χ2v) is 20.4. The molecule has 2 unspecified atom stereocenters. The molecule has 27 heteroatoms. The van der Waals surface area contributed by atoms with Crippen molar-refractivity contribution in [1.29, 1.82) is 0 Å². The lowest BCUT2D eigenvalue weighted by Crippen LogP contribution is -2.54. The van der Waals surface area contributed by atoms with Crippen molar-refractivity contribution in [2.75, 3.05) is 117 Å². The Kier molecular flexibility index (Phi) is 32.0. The van der Waals surface area contributed by atoms with E-state index in [9.17, 15) is 63.6 Å². The Morgan fingerprint density at radius 1 is 0.588 bits per heavy atom. The van der Waals surface area contributed by atoms with E-state index in [0.717, 1.165) is 17.5 Å². The number of phenolic OH excluding ortho intramolecular Hbond substituents is 1. The number of aliphatic imine (C=N–C) groups is 1. The molecule has 466 valence electrons. The van der Waals surface area contributed by atoms with Crippen LogP contribution in [0.5, 0.6) is 5.75 Å². The summed E-state index contributed by atoms with van der Waals surface area (Å²) in [6.45, 7) is 5.31. The summed E-state index contributed by atoms with van der Waals surface area (Å²) in [7, 11) is 0. The topological polar surface area (TPSA) is 382 Å². The lowest BCUT2D eigenvalue weighted by molar-refractivity contribution is -0.140. The van der Waals surface area contributed by atoms with Gasteiger partial charge >= 0.3 is 23.9 Å². The lowest BCUT2D eigenvalue weighted by Gasteiger charge is -2.35. The van der Waals surface area contributed by atoms with E-state index in [1.807, 2.05) is 59.5 Å². The van der Waals surface area contributed by atoms with Crippen molar-refractivity contribution in [2.24, 2.45) is 10.7 Å². The van der Waals surface area contributed by atoms with Gasteiger partial charge in [0.2, 0.25) is 23.6 Å². The predicted octanol–water partition coefficient (Wildman–Crippen LogP) is 0.314. The van der Waals surface area contributed by atoms with Crippen LogP contribution >= 0.6 is 0 Å². The number of hydrogen-bond acceptors (Lipinski definition) is 16. The number of carboxylic acids is 3. The van der Waals surface area contributed by atoms with Crippen molar-refractivity contribution in [1.82, 2.24) is 56.8 Å². The molecule has 4 rings (SSSR count). The van der Waals surface area contributed by atoms with Gasteiger partial charge in [0, 0.05) is 110 Å². The Labute approximate surface area is 495 Å². The first-order valence-corrected chi connectivity index (χ1v) is 28.8. The number of carbonyl (C=O) groups excluding carboxylic acids is 6. The summed E-state index contributed by atoms with van der Waals surface area (Å²) in [5, 5.41) is 61.7. The number of urea groups is 1. The second-order valence-electron chi connectivity index (χ2n) is 20.4. The van der Waals surface area contributed by atoms with Crippen molar-refractivity contribution in [3.05, 3.63) is 95.6 Å². The number of rotatable bonds is 35. The average Bonchev–Trinajstić information content (AvgIpc) is 3.52. The molecule has 14 N–H and O–H groups in total. The molecule has 27 nitrogen and oxygen atoms in total. The zero-order valence-corrected chi connectivity index (χ0v) is 48.5. The molecule has 0 saturated carbocycles. The number of guanidine groups is 1. The summed E-state index contributed by atoms with van der Waals surface area (Å²) in [5.74, 6) is -5.06. The number of amides is 6. The fourth-order valence-corrected chi connectivity index (χ4v) is 9.21. The van der Waals surface area contributed by atoms with Crippen LogP contribution in [0.1, 0.15) is 80.9 Å². The third-order valence-corrected chi connectivity index (χ3v) is 13.8. The van der Waals surface area contributed by atoms with E-state index < -0.39 is 53.9 Å². The Morgan fingerprint density at radius 3 is 1.74 bits per heavy atom. The van der Waals surface area contributed by atoms with Crippen LogP contribution in [0.4, 0.5) is 10.5 Å². The molecule has 1 heterocycles. The third-order valence-electron chi connectivity index (χ3n) is 13.8. The number of nitrogens with zero attached hydrogens (tertiary/aromatic N) is 5. The first kappa shape index (κ1) is 69.3. The van der Waals surface area contributed by atoms with Gasteiger partial charge in [-0.15, -0.1) is 0 Å². The number of benzene rings is 3. The molecule has 0 aliphatic carbocycles. The summed E-state index contributed by atoms with van der Waals surface area (Å²) in [5.41, 5.74) is 8.84. The van der Waals surface area contributed by atoms with E-state index in [0.29, 0.717) is 88.8 Å². The molecule has 1 aliphatic rings. The molecule has 3 aromatic carbocycles. The lowest BCUT2D eigenvalue weighted by atomic mass is 9.90. The van der Waals surface area contributed by atoms with Crippen LogP contribution < -0.4 is 48.3 Å². The first-order chi connectivity index (χ1) is 40.9. The minimum Gasteiger partial charge on any atom is -0.508 e. The van der Waals surface area contributed by atoms with Gasteiger partial charge in [0.25, 0.3) is 0 Å². The van der Waals surface area contributed by atoms with Crippen molar-refractivity contribution >= 4 is 65.5 Å². The van der Waals surface area contributed by atoms with E-state index in [2.05, 4.69) is 47.5 Å². The summed E-state index contributed by atoms with van der Waals surface area (Å²) in [6.07, 6.45) is 3.83. The average molecular weight is 1190 g/mol. The molecule has 0 aromatic heterocycles. The van der Waals surface area contributed by atoms with Crippen LogP contribution in [0.15, 0.2) is 83.9 Å². The summed E-state index contributed by atoms with van der Waals surface area (Å²) in [6, 6.07) is 21.3. The number of nitrogens with one attached hydrogen (secondary N) is 8. The fraction of sp³-hybridized carbons (Fsp3) is 0.517. The van der Waals surface area contributed by atoms with Crippen LogP contribution in [-0.4, -0.2) is 223 Å². The number of anilines is 1. The van der Waals surface area contributed by atoms with Crippen LogP contribution in [0.3, 0.4) is 0 Å². The van der Waals surface area contributed by atoms with E-state index >= 15 is 0 Å². The van der Waals surface area contributed by atoms with Crippen molar-refractivity contribution in [3.8, 4) is 5.75 Å². The van der Waals surface area contributed by atoms with Gasteiger partial charge in [-0.1, -0.05) is 67.9 Å². The number of carboxylic acid groups (broad SMARTS) is 3. The monoisotopic (exact) mass is 1190 g/mol. The highest BCUT2D eigenvalue weighted by molar-refractivity contribution is 5.93. The van der Waals surface area contributed by atoms with Gasteiger partial charge in [-0.25, -0.2) is 4.79 Å². The largest absolute Gasteiger partial charge is 0.508 e. The zero-order valence-electron chi connectivity index (χ0n) is 48.5. The van der Waals surface area contributed by atoms with Crippen LogP contribution in [-0.2, 0) is 44.9 Å². The maximum Gasteiger partial charge on any atom is 0.344 e. The summed E-state index contributed by atoms with van der Waals surface area (Å²) in [4.78, 5) is 122. The minimum atomic E-state index is -1.04. The number of carbonyl (C=O) groups is 9. The van der Waals surface area contributed by atoms with Crippen molar-refractivity contribution < 1.29 is 63.6 Å². The van der Waals surface area contributed by atoms with Crippen molar-refractivity contribution in [3.63, 3.8) is 0 Å². The molecule has 85 heavy (non-hydrogen) atoms. The molecule has 0 spiro atoms. The fourth-order valence-electron chi connectivity index (χ4n) is 9.21. The molecule has 6 amide bonds. The van der Waals surface area contributed by atoms with Gasteiger partial charge in [-0.2, -0.15) is 4.99 Å². The summed E-state index contributed by atoms with van der Waals surface area (Å²) >= 11 is 0. The molecule has 0 radical (unpaired) electrons. The van der Waals surface area contributed by atoms with Crippen LogP contribution in [0, 0.1) is 0 Å². The van der Waals surface area contributed by atoms with Crippen LogP contribution in [0.25, 0.3) is 0 Å². The van der Waals surface area contributed by atoms with E-state index in [-0.39, 0.29) is 115 Å². The Morgan fingerprint density at radius 2 is 1.15 bits per heavy atom. The number of aromatic hydroxyl groups is 1. The third kappa shape index (κ3) is 28.7. The number of unbranched alkanes of at least 4 members (excludes halogenated alkanes) is 2. The van der Waals surface area contributed by atoms with Crippen molar-refractivity contribution in [2.45, 2.75) is 83.0 Å².